The Morgan fingerprint density at radius 1 is 1.04 bits per heavy atom. The van der Waals surface area contributed by atoms with Gasteiger partial charge in [0.2, 0.25) is 0 Å². The van der Waals surface area contributed by atoms with Crippen molar-refractivity contribution in [2.75, 3.05) is 11.5 Å². The molecule has 132 valence electrons. The average Bonchev–Trinajstić information content (AvgIpc) is 2.54. The molecule has 0 rings (SSSR count). The van der Waals surface area contributed by atoms with Gasteiger partial charge < -0.3 is 5.11 Å². The monoisotopic (exact) mass is 338 g/mol. The summed E-state index contributed by atoms with van der Waals surface area (Å²) in [6.45, 7) is 3.97. The lowest BCUT2D eigenvalue weighted by Crippen LogP contribution is -2.07. The molecule has 0 aromatic heterocycles. The predicted octanol–water partition coefficient (Wildman–Crippen LogP) is 6.24. The molecule has 0 bridgehead atoms. The van der Waals surface area contributed by atoms with Crippen LogP contribution >= 0.6 is 11.8 Å². The lowest BCUT2D eigenvalue weighted by atomic mass is 10.1. The molecular weight excluding hydrogens is 304 g/mol. The molecule has 0 spiro atoms. The quantitative estimate of drug-likeness (QED) is 0.218. The lowest BCUT2D eigenvalue weighted by molar-refractivity contribution is -0.140. The topological polar surface area (TPSA) is 37.3 Å². The van der Waals surface area contributed by atoms with Crippen LogP contribution in [0.25, 0.3) is 0 Å². The molecule has 23 heavy (non-hydrogen) atoms. The minimum absolute atomic E-state index is 0.321. The standard InChI is InChI=1S/C20H34O2S/c1-3-4-5-6-7-8-9-10-11-14-17-23-18-15-12-13-16-19(2)20(21)22/h11,13-15,19H,3-10,16-18H2,1-2H3,(H,21,22)/b14-11-. The third kappa shape index (κ3) is 17.3. The van der Waals surface area contributed by atoms with Gasteiger partial charge >= 0.3 is 5.97 Å². The first-order chi connectivity index (χ1) is 11.2. The van der Waals surface area contributed by atoms with Crippen LogP contribution in [-0.2, 0) is 4.79 Å². The second kappa shape index (κ2) is 17.4. The van der Waals surface area contributed by atoms with Crippen molar-refractivity contribution in [3.63, 3.8) is 0 Å². The Labute approximate surface area is 147 Å². The van der Waals surface area contributed by atoms with Gasteiger partial charge in [0.05, 0.1) is 5.92 Å². The van der Waals surface area contributed by atoms with Crippen LogP contribution < -0.4 is 0 Å². The summed E-state index contributed by atoms with van der Waals surface area (Å²) in [5.41, 5.74) is 3.05. The van der Waals surface area contributed by atoms with E-state index in [1.165, 1.54) is 51.4 Å². The normalized spacial score (nSPS) is 12.1. The van der Waals surface area contributed by atoms with Crippen molar-refractivity contribution < 1.29 is 9.90 Å². The van der Waals surface area contributed by atoms with Crippen LogP contribution in [-0.4, -0.2) is 22.6 Å². The van der Waals surface area contributed by atoms with E-state index in [4.69, 9.17) is 5.11 Å². The van der Waals surface area contributed by atoms with Crippen LogP contribution in [0.15, 0.2) is 30.0 Å². The molecule has 2 nitrogen and oxygen atoms in total. The molecule has 3 heteroatoms. The number of aliphatic carboxylic acids is 1. The van der Waals surface area contributed by atoms with Gasteiger partial charge in [0.1, 0.15) is 0 Å². The van der Waals surface area contributed by atoms with E-state index in [1.54, 1.807) is 6.92 Å². The van der Waals surface area contributed by atoms with Crippen LogP contribution in [0.5, 0.6) is 0 Å². The van der Waals surface area contributed by atoms with Gasteiger partial charge in [-0.05, 0) is 31.4 Å². The molecule has 0 aromatic carbocycles. The van der Waals surface area contributed by atoms with Crippen molar-refractivity contribution in [1.82, 2.24) is 0 Å². The molecule has 0 radical (unpaired) electrons. The van der Waals surface area contributed by atoms with Crippen molar-refractivity contribution in [3.05, 3.63) is 30.0 Å². The first kappa shape index (κ1) is 22.1. The van der Waals surface area contributed by atoms with E-state index in [2.05, 4.69) is 24.8 Å². The van der Waals surface area contributed by atoms with Crippen molar-refractivity contribution >= 4 is 17.7 Å². The fraction of sp³-hybridized carbons (Fsp3) is 0.700. The molecule has 0 fully saturated rings. The Balaban J connectivity index is 3.37. The molecule has 0 aliphatic heterocycles. The van der Waals surface area contributed by atoms with Crippen molar-refractivity contribution in [2.24, 2.45) is 5.92 Å². The second-order valence-electron chi connectivity index (χ2n) is 5.97. The third-order valence-electron chi connectivity index (χ3n) is 3.68. The summed E-state index contributed by atoms with van der Waals surface area (Å²) in [4.78, 5) is 10.6. The lowest BCUT2D eigenvalue weighted by Gasteiger charge is -1.98. The highest BCUT2D eigenvalue weighted by atomic mass is 32.2. The highest BCUT2D eigenvalue weighted by molar-refractivity contribution is 7.99. The molecule has 1 atom stereocenters. The van der Waals surface area contributed by atoms with Gasteiger partial charge in [-0.2, -0.15) is 11.8 Å². The summed E-state index contributed by atoms with van der Waals surface area (Å²) < 4.78 is 0. The van der Waals surface area contributed by atoms with E-state index >= 15 is 0 Å². The highest BCUT2D eigenvalue weighted by Gasteiger charge is 2.06. The number of thioether (sulfide) groups is 1. The van der Waals surface area contributed by atoms with Gasteiger partial charge in [-0.3, -0.25) is 4.79 Å². The van der Waals surface area contributed by atoms with Gasteiger partial charge in [0, 0.05) is 11.5 Å². The molecule has 0 aliphatic carbocycles. The van der Waals surface area contributed by atoms with Gasteiger partial charge in [0.25, 0.3) is 0 Å². The zero-order chi connectivity index (χ0) is 17.2. The summed E-state index contributed by atoms with van der Waals surface area (Å²) in [5, 5.41) is 8.74. The van der Waals surface area contributed by atoms with Crippen LogP contribution in [0.4, 0.5) is 0 Å². The van der Waals surface area contributed by atoms with Crippen LogP contribution in [0.1, 0.15) is 71.6 Å². The molecule has 0 saturated carbocycles. The number of rotatable bonds is 15. The molecule has 1 N–H and O–H groups in total. The maximum atomic E-state index is 10.6. The van der Waals surface area contributed by atoms with E-state index in [0.717, 1.165) is 11.5 Å². The van der Waals surface area contributed by atoms with Gasteiger partial charge in [-0.15, -0.1) is 5.73 Å². The summed E-state index contributed by atoms with van der Waals surface area (Å²) in [5.74, 6) is 0.904. The maximum Gasteiger partial charge on any atom is 0.306 e. The Hall–Kier alpha value is -0.920. The number of allylic oxidation sites excluding steroid dienone is 1. The Kier molecular flexibility index (Phi) is 16.7. The number of carboxylic acid groups (broad SMARTS) is 1. The zero-order valence-corrected chi connectivity index (χ0v) is 15.7. The van der Waals surface area contributed by atoms with Crippen LogP contribution in [0.2, 0.25) is 0 Å². The van der Waals surface area contributed by atoms with E-state index in [1.807, 2.05) is 23.9 Å². The molecule has 0 aromatic rings. The van der Waals surface area contributed by atoms with E-state index in [0.29, 0.717) is 6.42 Å². The Morgan fingerprint density at radius 3 is 2.43 bits per heavy atom. The third-order valence-corrected chi connectivity index (χ3v) is 4.52. The summed E-state index contributed by atoms with van der Waals surface area (Å²) in [6.07, 6.45) is 19.7. The Morgan fingerprint density at radius 2 is 1.74 bits per heavy atom. The van der Waals surface area contributed by atoms with E-state index in [9.17, 15) is 4.79 Å². The van der Waals surface area contributed by atoms with E-state index < -0.39 is 5.97 Å². The molecule has 0 saturated heterocycles. The van der Waals surface area contributed by atoms with Crippen LogP contribution in [0, 0.1) is 5.92 Å². The van der Waals surface area contributed by atoms with Crippen molar-refractivity contribution in [2.45, 2.75) is 71.6 Å². The zero-order valence-electron chi connectivity index (χ0n) is 14.9. The fourth-order valence-corrected chi connectivity index (χ4v) is 2.70. The van der Waals surface area contributed by atoms with Gasteiger partial charge in [0.15, 0.2) is 0 Å². The minimum Gasteiger partial charge on any atom is -0.481 e. The molecule has 1 unspecified atom stereocenters. The Bertz CT molecular complexity index is 368. The van der Waals surface area contributed by atoms with Gasteiger partial charge in [-0.1, -0.05) is 64.5 Å². The average molecular weight is 339 g/mol. The van der Waals surface area contributed by atoms with Gasteiger partial charge in [-0.25, -0.2) is 0 Å². The largest absolute Gasteiger partial charge is 0.481 e. The summed E-state index contributed by atoms with van der Waals surface area (Å²) in [6, 6.07) is 0. The molecule has 0 aliphatic rings. The number of carboxylic acids is 1. The predicted molar refractivity (Wildman–Crippen MR) is 103 cm³/mol. The SMILES string of the molecule is CCCCCCCCC/C=C\CSCC=C=CCC(C)C(=O)O. The number of hydrogen-bond donors (Lipinski definition) is 1. The molecule has 0 amide bonds. The number of hydrogen-bond acceptors (Lipinski definition) is 2. The summed E-state index contributed by atoms with van der Waals surface area (Å²) >= 11 is 1.85. The summed E-state index contributed by atoms with van der Waals surface area (Å²) in [7, 11) is 0. The minimum atomic E-state index is -0.747. The first-order valence-corrected chi connectivity index (χ1v) is 10.2. The van der Waals surface area contributed by atoms with E-state index in [-0.39, 0.29) is 5.92 Å². The first-order valence-electron chi connectivity index (χ1n) is 9.03. The van der Waals surface area contributed by atoms with Crippen molar-refractivity contribution in [3.8, 4) is 0 Å². The second-order valence-corrected chi connectivity index (χ2v) is 7.04. The fourth-order valence-electron chi connectivity index (χ4n) is 2.08. The molecule has 0 heterocycles. The maximum absolute atomic E-state index is 10.6. The number of unbranched alkanes of at least 4 members (excludes halogenated alkanes) is 7. The smallest absolute Gasteiger partial charge is 0.306 e. The van der Waals surface area contributed by atoms with Crippen molar-refractivity contribution in [1.29, 1.82) is 0 Å². The number of carbonyl (C=O) groups is 1. The van der Waals surface area contributed by atoms with Crippen LogP contribution in [0.3, 0.4) is 0 Å². The highest BCUT2D eigenvalue weighted by Crippen LogP contribution is 2.09. The molecular formula is C20H34O2S.